The van der Waals surface area contributed by atoms with Crippen molar-refractivity contribution < 1.29 is 4.74 Å². The lowest BCUT2D eigenvalue weighted by Gasteiger charge is -2.14. The summed E-state index contributed by atoms with van der Waals surface area (Å²) in [5, 5.41) is 12.8. The van der Waals surface area contributed by atoms with Crippen molar-refractivity contribution in [3.63, 3.8) is 0 Å². The number of aromatic nitrogens is 2. The number of hydrogen-bond acceptors (Lipinski definition) is 4. The summed E-state index contributed by atoms with van der Waals surface area (Å²) >= 11 is 0. The Morgan fingerprint density at radius 1 is 1.05 bits per heavy atom. The third-order valence-electron chi connectivity index (χ3n) is 3.58. The van der Waals surface area contributed by atoms with Crippen LogP contribution < -0.4 is 10.1 Å². The zero-order valence-corrected chi connectivity index (χ0v) is 10.8. The van der Waals surface area contributed by atoms with Crippen molar-refractivity contribution in [2.24, 2.45) is 0 Å². The van der Waals surface area contributed by atoms with Gasteiger partial charge in [0.25, 0.3) is 0 Å². The van der Waals surface area contributed by atoms with Crippen LogP contribution in [-0.2, 0) is 0 Å². The van der Waals surface area contributed by atoms with Gasteiger partial charge in [-0.25, -0.2) is 0 Å². The van der Waals surface area contributed by atoms with E-state index in [0.717, 1.165) is 22.3 Å². The third kappa shape index (κ3) is 1.77. The number of benzene rings is 2. The molecule has 98 valence electrons. The molecule has 1 N–H and O–H groups in total. The summed E-state index contributed by atoms with van der Waals surface area (Å²) in [5.74, 6) is 0.955. The Kier molecular flexibility index (Phi) is 2.52. The summed E-state index contributed by atoms with van der Waals surface area (Å²) in [5.41, 5.74) is 3.07. The normalized spacial score (nSPS) is 16.7. The standard InChI is InChI=1S/C16H13N3O/c1-3-7-13-11(5-1)14(9-17-19-13)18-15-10-20-16-8-4-2-6-12(15)16/h1-9,15H,10H2,(H,18,19). The highest BCUT2D eigenvalue weighted by Crippen LogP contribution is 2.35. The second kappa shape index (κ2) is 4.49. The minimum Gasteiger partial charge on any atom is -0.491 e. The van der Waals surface area contributed by atoms with Crippen molar-refractivity contribution in [1.29, 1.82) is 0 Å². The molecule has 0 amide bonds. The Labute approximate surface area is 116 Å². The first-order chi connectivity index (χ1) is 9.92. The molecule has 4 heteroatoms. The molecule has 4 nitrogen and oxygen atoms in total. The van der Waals surface area contributed by atoms with E-state index in [9.17, 15) is 0 Å². The molecule has 0 fully saturated rings. The number of fused-ring (bicyclic) bond motifs is 2. The Balaban J connectivity index is 1.73. The Morgan fingerprint density at radius 3 is 2.90 bits per heavy atom. The molecular formula is C16H13N3O. The van der Waals surface area contributed by atoms with Crippen LogP contribution in [0.5, 0.6) is 5.75 Å². The van der Waals surface area contributed by atoms with Crippen LogP contribution in [0.2, 0.25) is 0 Å². The van der Waals surface area contributed by atoms with E-state index in [1.54, 1.807) is 6.20 Å². The van der Waals surface area contributed by atoms with Crippen molar-refractivity contribution in [3.8, 4) is 5.75 Å². The number of nitrogens with zero attached hydrogens (tertiary/aromatic N) is 2. The fourth-order valence-electron chi connectivity index (χ4n) is 2.59. The summed E-state index contributed by atoms with van der Waals surface area (Å²) in [6.07, 6.45) is 1.77. The van der Waals surface area contributed by atoms with Crippen molar-refractivity contribution in [1.82, 2.24) is 10.2 Å². The van der Waals surface area contributed by atoms with Gasteiger partial charge in [0.1, 0.15) is 12.4 Å². The van der Waals surface area contributed by atoms with Crippen molar-refractivity contribution in [2.45, 2.75) is 6.04 Å². The maximum absolute atomic E-state index is 5.70. The van der Waals surface area contributed by atoms with Gasteiger partial charge in [0.2, 0.25) is 0 Å². The van der Waals surface area contributed by atoms with E-state index in [0.29, 0.717) is 6.61 Å². The lowest BCUT2D eigenvalue weighted by molar-refractivity contribution is 0.340. The molecule has 0 bridgehead atoms. The Bertz CT molecular complexity index is 767. The molecule has 0 spiro atoms. The molecule has 1 aliphatic rings. The van der Waals surface area contributed by atoms with Crippen LogP contribution in [-0.4, -0.2) is 16.8 Å². The summed E-state index contributed by atoms with van der Waals surface area (Å²) in [7, 11) is 0. The monoisotopic (exact) mass is 263 g/mol. The van der Waals surface area contributed by atoms with E-state index < -0.39 is 0 Å². The molecule has 4 rings (SSSR count). The van der Waals surface area contributed by atoms with Crippen LogP contribution in [0.3, 0.4) is 0 Å². The quantitative estimate of drug-likeness (QED) is 0.771. The molecule has 0 saturated carbocycles. The molecule has 1 aliphatic heterocycles. The van der Waals surface area contributed by atoms with Gasteiger partial charge >= 0.3 is 0 Å². The fraction of sp³-hybridized carbons (Fsp3) is 0.125. The van der Waals surface area contributed by atoms with Crippen molar-refractivity contribution in [2.75, 3.05) is 11.9 Å². The Morgan fingerprint density at radius 2 is 1.90 bits per heavy atom. The highest BCUT2D eigenvalue weighted by Gasteiger charge is 2.23. The predicted octanol–water partition coefficient (Wildman–Crippen LogP) is 3.18. The number of hydrogen-bond donors (Lipinski definition) is 1. The first-order valence-corrected chi connectivity index (χ1v) is 6.60. The highest BCUT2D eigenvalue weighted by atomic mass is 16.5. The van der Waals surface area contributed by atoms with Gasteiger partial charge in [-0.1, -0.05) is 36.4 Å². The molecule has 1 atom stereocenters. The minimum absolute atomic E-state index is 0.152. The average Bonchev–Trinajstić information content (AvgIpc) is 2.91. The topological polar surface area (TPSA) is 47.0 Å². The van der Waals surface area contributed by atoms with E-state index in [2.05, 4.69) is 21.6 Å². The van der Waals surface area contributed by atoms with Crippen molar-refractivity contribution >= 4 is 16.6 Å². The minimum atomic E-state index is 0.152. The fourth-order valence-corrected chi connectivity index (χ4v) is 2.59. The summed E-state index contributed by atoms with van der Waals surface area (Å²) < 4.78 is 5.70. The van der Waals surface area contributed by atoms with Crippen LogP contribution in [0.1, 0.15) is 11.6 Å². The molecular weight excluding hydrogens is 250 g/mol. The number of ether oxygens (including phenoxy) is 1. The molecule has 1 unspecified atom stereocenters. The summed E-state index contributed by atoms with van der Waals surface area (Å²) in [6, 6.07) is 16.3. The highest BCUT2D eigenvalue weighted by molar-refractivity contribution is 5.90. The molecule has 2 heterocycles. The largest absolute Gasteiger partial charge is 0.491 e. The number of para-hydroxylation sites is 1. The zero-order valence-electron chi connectivity index (χ0n) is 10.8. The lowest BCUT2D eigenvalue weighted by Crippen LogP contribution is -2.12. The van der Waals surface area contributed by atoms with Crippen LogP contribution in [0.25, 0.3) is 10.9 Å². The van der Waals surface area contributed by atoms with Gasteiger partial charge in [0.05, 0.1) is 23.4 Å². The van der Waals surface area contributed by atoms with E-state index >= 15 is 0 Å². The van der Waals surface area contributed by atoms with Gasteiger partial charge in [-0.3, -0.25) is 0 Å². The van der Waals surface area contributed by atoms with Crippen LogP contribution in [0.4, 0.5) is 5.69 Å². The molecule has 3 aromatic rings. The summed E-state index contributed by atoms with van der Waals surface area (Å²) in [4.78, 5) is 0. The maximum Gasteiger partial charge on any atom is 0.124 e. The van der Waals surface area contributed by atoms with E-state index in [4.69, 9.17) is 4.74 Å². The van der Waals surface area contributed by atoms with Gasteiger partial charge in [-0.2, -0.15) is 10.2 Å². The molecule has 20 heavy (non-hydrogen) atoms. The first-order valence-electron chi connectivity index (χ1n) is 6.60. The lowest BCUT2D eigenvalue weighted by atomic mass is 10.1. The maximum atomic E-state index is 5.70. The molecule has 0 saturated heterocycles. The SMILES string of the molecule is c1ccc2c(c1)OCC2Nc1cnnc2ccccc12. The van der Waals surface area contributed by atoms with Gasteiger partial charge in [0.15, 0.2) is 0 Å². The molecule has 0 radical (unpaired) electrons. The predicted molar refractivity (Wildman–Crippen MR) is 77.8 cm³/mol. The molecule has 0 aliphatic carbocycles. The molecule has 1 aromatic heterocycles. The molecule has 2 aromatic carbocycles. The van der Waals surface area contributed by atoms with Gasteiger partial charge in [-0.15, -0.1) is 0 Å². The van der Waals surface area contributed by atoms with Gasteiger partial charge in [0, 0.05) is 10.9 Å². The zero-order chi connectivity index (χ0) is 13.4. The average molecular weight is 263 g/mol. The number of nitrogens with one attached hydrogen (secondary N) is 1. The second-order valence-corrected chi connectivity index (χ2v) is 4.82. The van der Waals surface area contributed by atoms with Crippen molar-refractivity contribution in [3.05, 3.63) is 60.3 Å². The van der Waals surface area contributed by atoms with E-state index in [-0.39, 0.29) is 6.04 Å². The van der Waals surface area contributed by atoms with Gasteiger partial charge < -0.3 is 10.1 Å². The van der Waals surface area contributed by atoms with E-state index in [1.807, 2.05) is 42.5 Å². The van der Waals surface area contributed by atoms with Crippen LogP contribution >= 0.6 is 0 Å². The second-order valence-electron chi connectivity index (χ2n) is 4.82. The Hall–Kier alpha value is -2.62. The number of anilines is 1. The van der Waals surface area contributed by atoms with Crippen LogP contribution in [0.15, 0.2) is 54.7 Å². The third-order valence-corrected chi connectivity index (χ3v) is 3.58. The van der Waals surface area contributed by atoms with Crippen LogP contribution in [0, 0.1) is 0 Å². The number of rotatable bonds is 2. The first kappa shape index (κ1) is 11.2. The van der Waals surface area contributed by atoms with Gasteiger partial charge in [-0.05, 0) is 12.1 Å². The van der Waals surface area contributed by atoms with E-state index in [1.165, 1.54) is 5.56 Å². The summed E-state index contributed by atoms with van der Waals surface area (Å²) in [6.45, 7) is 0.635. The smallest absolute Gasteiger partial charge is 0.124 e.